The van der Waals surface area contributed by atoms with Gasteiger partial charge in [-0.3, -0.25) is 9.48 Å². The van der Waals surface area contributed by atoms with E-state index in [2.05, 4.69) is 15.2 Å². The highest BCUT2D eigenvalue weighted by Crippen LogP contribution is 2.29. The quantitative estimate of drug-likeness (QED) is 0.830. The Morgan fingerprint density at radius 2 is 2.13 bits per heavy atom. The van der Waals surface area contributed by atoms with Crippen LogP contribution in [0.2, 0.25) is 0 Å². The zero-order valence-electron chi connectivity index (χ0n) is 12.5. The van der Waals surface area contributed by atoms with E-state index in [4.69, 9.17) is 4.74 Å². The number of carbonyl (C=O) groups is 1. The van der Waals surface area contributed by atoms with Gasteiger partial charge in [-0.15, -0.1) is 0 Å². The summed E-state index contributed by atoms with van der Waals surface area (Å²) >= 11 is 0. The van der Waals surface area contributed by atoms with Gasteiger partial charge in [0.15, 0.2) is 17.3 Å². The predicted molar refractivity (Wildman–Crippen MR) is 80.5 cm³/mol. The van der Waals surface area contributed by atoms with Crippen molar-refractivity contribution in [2.24, 2.45) is 7.05 Å². The number of methoxy groups -OCH3 is 1. The van der Waals surface area contributed by atoms with Crippen molar-refractivity contribution in [3.8, 4) is 11.5 Å². The highest BCUT2D eigenvalue weighted by molar-refractivity contribution is 6.01. The summed E-state index contributed by atoms with van der Waals surface area (Å²) in [5, 5.41) is 6.60. The molecule has 1 amide bonds. The first kappa shape index (κ1) is 16.5. The molecular weight excluding hydrogens is 308 g/mol. The summed E-state index contributed by atoms with van der Waals surface area (Å²) in [6.45, 7) is -2.94. The van der Waals surface area contributed by atoms with Gasteiger partial charge >= 0.3 is 6.61 Å². The molecule has 1 aromatic carbocycles. The van der Waals surface area contributed by atoms with Gasteiger partial charge in [0.05, 0.1) is 7.11 Å². The number of hydrogen-bond donors (Lipinski definition) is 1. The van der Waals surface area contributed by atoms with Crippen LogP contribution in [0.25, 0.3) is 6.08 Å². The van der Waals surface area contributed by atoms with Crippen LogP contribution in [0.15, 0.2) is 36.5 Å². The molecule has 0 aliphatic heterocycles. The lowest BCUT2D eigenvalue weighted by atomic mass is 10.2. The number of anilines is 1. The van der Waals surface area contributed by atoms with E-state index in [9.17, 15) is 13.6 Å². The molecule has 1 heterocycles. The molecule has 2 rings (SSSR count). The summed E-state index contributed by atoms with van der Waals surface area (Å²) in [5.74, 6) is 0.145. The van der Waals surface area contributed by atoms with E-state index >= 15 is 0 Å². The molecule has 0 spiro atoms. The molecule has 0 saturated carbocycles. The van der Waals surface area contributed by atoms with Gasteiger partial charge in [-0.1, -0.05) is 6.07 Å². The highest BCUT2D eigenvalue weighted by Gasteiger charge is 2.10. The van der Waals surface area contributed by atoms with Crippen molar-refractivity contribution >= 4 is 17.8 Å². The maximum atomic E-state index is 12.2. The molecule has 122 valence electrons. The molecule has 1 N–H and O–H groups in total. The maximum absolute atomic E-state index is 12.2. The Morgan fingerprint density at radius 1 is 1.35 bits per heavy atom. The number of nitrogens with one attached hydrogen (secondary N) is 1. The number of halogens is 2. The van der Waals surface area contributed by atoms with Crippen molar-refractivity contribution in [3.05, 3.63) is 42.1 Å². The van der Waals surface area contributed by atoms with E-state index in [1.54, 1.807) is 24.0 Å². The first-order valence-corrected chi connectivity index (χ1v) is 6.59. The Labute approximate surface area is 131 Å². The molecule has 0 aliphatic rings. The fraction of sp³-hybridized carbons (Fsp3) is 0.200. The van der Waals surface area contributed by atoms with Crippen molar-refractivity contribution in [1.82, 2.24) is 9.78 Å². The van der Waals surface area contributed by atoms with Gasteiger partial charge in [-0.2, -0.15) is 13.9 Å². The zero-order chi connectivity index (χ0) is 16.8. The molecule has 0 atom stereocenters. The second-order valence-electron chi connectivity index (χ2n) is 4.49. The van der Waals surface area contributed by atoms with Crippen LogP contribution in [-0.2, 0) is 11.8 Å². The number of aromatic nitrogens is 2. The van der Waals surface area contributed by atoms with Crippen LogP contribution in [0.1, 0.15) is 5.56 Å². The minimum atomic E-state index is -2.94. The van der Waals surface area contributed by atoms with Crippen LogP contribution in [0.5, 0.6) is 11.5 Å². The van der Waals surface area contributed by atoms with Crippen LogP contribution in [0, 0.1) is 0 Å². The number of aryl methyl sites for hydroxylation is 1. The average molecular weight is 323 g/mol. The van der Waals surface area contributed by atoms with Crippen LogP contribution >= 0.6 is 0 Å². The molecule has 0 saturated heterocycles. The number of alkyl halides is 2. The lowest BCUT2D eigenvalue weighted by molar-refractivity contribution is -0.111. The molecule has 0 unspecified atom stereocenters. The monoisotopic (exact) mass is 323 g/mol. The number of carbonyl (C=O) groups excluding carboxylic acids is 1. The number of amides is 1. The molecule has 8 heteroatoms. The maximum Gasteiger partial charge on any atom is 0.387 e. The molecule has 2 aromatic rings. The summed E-state index contributed by atoms with van der Waals surface area (Å²) in [7, 11) is 3.08. The van der Waals surface area contributed by atoms with Crippen LogP contribution in [0.4, 0.5) is 14.6 Å². The molecule has 0 bridgehead atoms. The van der Waals surface area contributed by atoms with E-state index in [-0.39, 0.29) is 17.4 Å². The second kappa shape index (κ2) is 7.39. The van der Waals surface area contributed by atoms with E-state index in [1.165, 1.54) is 37.5 Å². The third kappa shape index (κ3) is 4.80. The summed E-state index contributed by atoms with van der Waals surface area (Å²) < 4.78 is 35.4. The zero-order valence-corrected chi connectivity index (χ0v) is 12.5. The first-order chi connectivity index (χ1) is 11.0. The Hall–Kier alpha value is -2.90. The van der Waals surface area contributed by atoms with Crippen LogP contribution in [0.3, 0.4) is 0 Å². The minimum Gasteiger partial charge on any atom is -0.493 e. The summed E-state index contributed by atoms with van der Waals surface area (Å²) in [6, 6.07) is 6.03. The third-order valence-electron chi connectivity index (χ3n) is 2.80. The lowest BCUT2D eigenvalue weighted by Crippen LogP contribution is -2.08. The Kier molecular flexibility index (Phi) is 5.29. The van der Waals surface area contributed by atoms with Crippen LogP contribution in [-0.4, -0.2) is 29.4 Å². The number of ether oxygens (including phenoxy) is 2. The van der Waals surface area contributed by atoms with Gasteiger partial charge in [0.1, 0.15) is 0 Å². The molecule has 23 heavy (non-hydrogen) atoms. The topological polar surface area (TPSA) is 65.4 Å². The van der Waals surface area contributed by atoms with Crippen molar-refractivity contribution in [3.63, 3.8) is 0 Å². The number of hydrogen-bond acceptors (Lipinski definition) is 4. The Balaban J connectivity index is 2.05. The number of benzene rings is 1. The van der Waals surface area contributed by atoms with E-state index < -0.39 is 6.61 Å². The van der Waals surface area contributed by atoms with Gasteiger partial charge in [-0.05, 0) is 23.8 Å². The number of nitrogens with zero attached hydrogens (tertiary/aromatic N) is 2. The highest BCUT2D eigenvalue weighted by atomic mass is 19.3. The van der Waals surface area contributed by atoms with Crippen molar-refractivity contribution < 1.29 is 23.0 Å². The lowest BCUT2D eigenvalue weighted by Gasteiger charge is -2.10. The largest absolute Gasteiger partial charge is 0.493 e. The molecule has 0 aliphatic carbocycles. The smallest absolute Gasteiger partial charge is 0.387 e. The molecular formula is C15H15F2N3O3. The van der Waals surface area contributed by atoms with Crippen molar-refractivity contribution in [2.45, 2.75) is 6.61 Å². The fourth-order valence-corrected chi connectivity index (χ4v) is 1.80. The first-order valence-electron chi connectivity index (χ1n) is 6.59. The molecule has 6 nitrogen and oxygen atoms in total. The van der Waals surface area contributed by atoms with E-state index in [1.807, 2.05) is 0 Å². The van der Waals surface area contributed by atoms with Crippen LogP contribution < -0.4 is 14.8 Å². The summed E-state index contributed by atoms with van der Waals surface area (Å²) in [6.07, 6.45) is 4.52. The third-order valence-corrected chi connectivity index (χ3v) is 2.80. The number of rotatable bonds is 6. The fourth-order valence-electron chi connectivity index (χ4n) is 1.80. The SMILES string of the molecule is COc1cc(/C=C/C(=O)Nc2ccn(C)n2)ccc1OC(F)F. The van der Waals surface area contributed by atoms with Gasteiger partial charge in [0.25, 0.3) is 0 Å². The predicted octanol–water partition coefficient (Wildman–Crippen LogP) is 2.68. The Morgan fingerprint density at radius 3 is 2.74 bits per heavy atom. The molecule has 1 aromatic heterocycles. The molecule has 0 radical (unpaired) electrons. The van der Waals surface area contributed by atoms with Gasteiger partial charge < -0.3 is 14.8 Å². The standard InChI is InChI=1S/C15H15F2N3O3/c1-20-8-7-13(19-20)18-14(21)6-4-10-3-5-11(23-15(16)17)12(9-10)22-2/h3-9,15H,1-2H3,(H,18,19,21)/b6-4+. The Bertz CT molecular complexity index is 714. The van der Waals surface area contributed by atoms with Gasteiger partial charge in [-0.25, -0.2) is 0 Å². The van der Waals surface area contributed by atoms with Gasteiger partial charge in [0.2, 0.25) is 5.91 Å². The van der Waals surface area contributed by atoms with E-state index in [0.29, 0.717) is 11.4 Å². The summed E-state index contributed by atoms with van der Waals surface area (Å²) in [4.78, 5) is 11.8. The minimum absolute atomic E-state index is 0.0717. The normalized spacial score (nSPS) is 11.0. The second-order valence-corrected chi connectivity index (χ2v) is 4.49. The van der Waals surface area contributed by atoms with Crippen molar-refractivity contribution in [2.75, 3.05) is 12.4 Å². The summed E-state index contributed by atoms with van der Waals surface area (Å²) in [5.41, 5.74) is 0.597. The van der Waals surface area contributed by atoms with Gasteiger partial charge in [0, 0.05) is 25.4 Å². The average Bonchev–Trinajstić information content (AvgIpc) is 2.90. The molecule has 0 fully saturated rings. The van der Waals surface area contributed by atoms with Crippen molar-refractivity contribution in [1.29, 1.82) is 0 Å². The van der Waals surface area contributed by atoms with E-state index in [0.717, 1.165) is 0 Å².